The second-order valence-corrected chi connectivity index (χ2v) is 8.34. The zero-order chi connectivity index (χ0) is 20.6. The maximum atomic E-state index is 13.0. The summed E-state index contributed by atoms with van der Waals surface area (Å²) in [6.07, 6.45) is 2.03. The fraction of sp³-hybridized carbons (Fsp3) is 0.381. The number of benzene rings is 2. The van der Waals surface area contributed by atoms with Crippen molar-refractivity contribution in [2.24, 2.45) is 0 Å². The van der Waals surface area contributed by atoms with E-state index in [4.69, 9.17) is 4.74 Å². The Hall–Kier alpha value is -2.38. The summed E-state index contributed by atoms with van der Waals surface area (Å²) < 4.78 is 33.8. The standard InChI is InChI=1S/C21H28N2O4S/c1-4-5-13-22-21(24)18(15-17-9-7-6-8-10-17)23-28(25,26)20-14-16(2)11-12-19(20)27-3/h6-12,14,18,23H,4-5,13,15H2,1-3H3,(H,22,24). The number of amides is 1. The van der Waals surface area contributed by atoms with E-state index in [1.165, 1.54) is 13.2 Å². The number of methoxy groups -OCH3 is 1. The third-order valence-electron chi connectivity index (χ3n) is 4.33. The number of aryl methyl sites for hydroxylation is 1. The van der Waals surface area contributed by atoms with Crippen molar-refractivity contribution in [3.05, 3.63) is 59.7 Å². The highest BCUT2D eigenvalue weighted by molar-refractivity contribution is 7.89. The Labute approximate surface area is 167 Å². The number of hydrogen-bond donors (Lipinski definition) is 2. The molecule has 1 amide bonds. The van der Waals surface area contributed by atoms with Crippen molar-refractivity contribution in [3.63, 3.8) is 0 Å². The van der Waals surface area contributed by atoms with Gasteiger partial charge in [0.2, 0.25) is 15.9 Å². The van der Waals surface area contributed by atoms with Gasteiger partial charge in [0.25, 0.3) is 0 Å². The van der Waals surface area contributed by atoms with Crippen LogP contribution in [0.1, 0.15) is 30.9 Å². The van der Waals surface area contributed by atoms with Gasteiger partial charge in [-0.25, -0.2) is 8.42 Å². The molecule has 0 saturated carbocycles. The number of sulfonamides is 1. The summed E-state index contributed by atoms with van der Waals surface area (Å²) in [5, 5.41) is 2.82. The summed E-state index contributed by atoms with van der Waals surface area (Å²) in [5.41, 5.74) is 1.66. The lowest BCUT2D eigenvalue weighted by atomic mass is 10.1. The van der Waals surface area contributed by atoms with Gasteiger partial charge in [-0.3, -0.25) is 4.79 Å². The van der Waals surface area contributed by atoms with E-state index in [1.807, 2.05) is 37.3 Å². The Morgan fingerprint density at radius 3 is 2.50 bits per heavy atom. The Morgan fingerprint density at radius 2 is 1.86 bits per heavy atom. The van der Waals surface area contributed by atoms with Gasteiger partial charge in [0.15, 0.2) is 0 Å². The van der Waals surface area contributed by atoms with Crippen molar-refractivity contribution in [1.82, 2.24) is 10.0 Å². The summed E-state index contributed by atoms with van der Waals surface area (Å²) in [4.78, 5) is 12.7. The van der Waals surface area contributed by atoms with Crippen LogP contribution < -0.4 is 14.8 Å². The number of unbranched alkanes of at least 4 members (excludes halogenated alkanes) is 1. The molecule has 0 fully saturated rings. The topological polar surface area (TPSA) is 84.5 Å². The van der Waals surface area contributed by atoms with Crippen molar-refractivity contribution in [2.45, 2.75) is 44.0 Å². The van der Waals surface area contributed by atoms with E-state index in [2.05, 4.69) is 10.0 Å². The van der Waals surface area contributed by atoms with E-state index in [9.17, 15) is 13.2 Å². The molecule has 152 valence electrons. The summed E-state index contributed by atoms with van der Waals surface area (Å²) in [6, 6.07) is 13.3. The quantitative estimate of drug-likeness (QED) is 0.597. The van der Waals surface area contributed by atoms with E-state index >= 15 is 0 Å². The lowest BCUT2D eigenvalue weighted by molar-refractivity contribution is -0.122. The van der Waals surface area contributed by atoms with Crippen LogP contribution in [0.5, 0.6) is 5.75 Å². The highest BCUT2D eigenvalue weighted by Crippen LogP contribution is 2.25. The maximum absolute atomic E-state index is 13.0. The molecule has 0 aliphatic carbocycles. The third-order valence-corrected chi connectivity index (χ3v) is 5.83. The smallest absolute Gasteiger partial charge is 0.244 e. The molecule has 1 atom stereocenters. The number of carbonyl (C=O) groups is 1. The van der Waals surface area contributed by atoms with Crippen LogP contribution in [0.2, 0.25) is 0 Å². The molecule has 0 bridgehead atoms. The molecule has 1 unspecified atom stereocenters. The molecule has 0 spiro atoms. The van der Waals surface area contributed by atoms with Crippen molar-refractivity contribution in [2.75, 3.05) is 13.7 Å². The molecule has 2 aromatic carbocycles. The minimum absolute atomic E-state index is 0.0226. The Bertz CT molecular complexity index is 883. The number of hydrogen-bond acceptors (Lipinski definition) is 4. The molecule has 28 heavy (non-hydrogen) atoms. The highest BCUT2D eigenvalue weighted by Gasteiger charge is 2.28. The fourth-order valence-electron chi connectivity index (χ4n) is 2.79. The average molecular weight is 405 g/mol. The lowest BCUT2D eigenvalue weighted by Gasteiger charge is -2.20. The van der Waals surface area contributed by atoms with Crippen LogP contribution in [-0.2, 0) is 21.2 Å². The molecule has 0 aromatic heterocycles. The molecule has 2 rings (SSSR count). The number of rotatable bonds is 10. The molecule has 7 heteroatoms. The molecule has 0 saturated heterocycles. The van der Waals surface area contributed by atoms with Crippen molar-refractivity contribution in [1.29, 1.82) is 0 Å². The molecule has 0 aliphatic heterocycles. The molecular weight excluding hydrogens is 376 g/mol. The number of ether oxygens (including phenoxy) is 1. The van der Waals surface area contributed by atoms with Gasteiger partial charge in [0, 0.05) is 6.54 Å². The van der Waals surface area contributed by atoms with Crippen LogP contribution in [0.4, 0.5) is 0 Å². The van der Waals surface area contributed by atoms with Gasteiger partial charge in [-0.05, 0) is 43.0 Å². The second kappa shape index (κ2) is 10.2. The van der Waals surface area contributed by atoms with E-state index in [0.717, 1.165) is 24.0 Å². The van der Waals surface area contributed by atoms with Gasteiger partial charge < -0.3 is 10.1 Å². The van der Waals surface area contributed by atoms with E-state index in [-0.39, 0.29) is 23.0 Å². The molecular formula is C21H28N2O4S. The summed E-state index contributed by atoms with van der Waals surface area (Å²) in [6.45, 7) is 4.34. The minimum atomic E-state index is -3.96. The van der Waals surface area contributed by atoms with Crippen molar-refractivity contribution in [3.8, 4) is 5.75 Å². The Morgan fingerprint density at radius 1 is 1.14 bits per heavy atom. The van der Waals surface area contributed by atoms with Gasteiger partial charge in [-0.1, -0.05) is 49.7 Å². The third kappa shape index (κ3) is 6.07. The van der Waals surface area contributed by atoms with Crippen LogP contribution in [0, 0.1) is 6.92 Å². The summed E-state index contributed by atoms with van der Waals surface area (Å²) in [5.74, 6) is -0.101. The maximum Gasteiger partial charge on any atom is 0.244 e. The monoisotopic (exact) mass is 404 g/mol. The van der Waals surface area contributed by atoms with Gasteiger partial charge in [-0.2, -0.15) is 4.72 Å². The zero-order valence-electron chi connectivity index (χ0n) is 16.6. The van der Waals surface area contributed by atoms with E-state index in [0.29, 0.717) is 6.54 Å². The van der Waals surface area contributed by atoms with Crippen LogP contribution >= 0.6 is 0 Å². The molecule has 0 radical (unpaired) electrons. The first-order valence-corrected chi connectivity index (χ1v) is 10.8. The number of carbonyl (C=O) groups excluding carboxylic acids is 1. The van der Waals surface area contributed by atoms with Crippen LogP contribution in [0.25, 0.3) is 0 Å². The first kappa shape index (κ1) is 21.9. The summed E-state index contributed by atoms with van der Waals surface area (Å²) >= 11 is 0. The predicted octanol–water partition coefficient (Wildman–Crippen LogP) is 2.81. The van der Waals surface area contributed by atoms with Gasteiger partial charge in [-0.15, -0.1) is 0 Å². The van der Waals surface area contributed by atoms with Crippen LogP contribution in [-0.4, -0.2) is 34.0 Å². The lowest BCUT2D eigenvalue weighted by Crippen LogP contribution is -2.48. The zero-order valence-corrected chi connectivity index (χ0v) is 17.4. The molecule has 2 aromatic rings. The normalized spacial score (nSPS) is 12.4. The predicted molar refractivity (Wildman–Crippen MR) is 110 cm³/mol. The average Bonchev–Trinajstić information content (AvgIpc) is 2.68. The largest absolute Gasteiger partial charge is 0.495 e. The Kier molecular flexibility index (Phi) is 8.02. The van der Waals surface area contributed by atoms with Crippen LogP contribution in [0.3, 0.4) is 0 Å². The first-order valence-electron chi connectivity index (χ1n) is 9.36. The van der Waals surface area contributed by atoms with Gasteiger partial charge >= 0.3 is 0 Å². The Balaban J connectivity index is 2.29. The first-order chi connectivity index (χ1) is 13.4. The SMILES string of the molecule is CCCCNC(=O)C(Cc1ccccc1)NS(=O)(=O)c1cc(C)ccc1OC. The fourth-order valence-corrected chi connectivity index (χ4v) is 4.24. The number of nitrogens with one attached hydrogen (secondary N) is 2. The van der Waals surface area contributed by atoms with E-state index < -0.39 is 16.1 Å². The van der Waals surface area contributed by atoms with Gasteiger partial charge in [0.05, 0.1) is 7.11 Å². The molecule has 0 aliphatic rings. The minimum Gasteiger partial charge on any atom is -0.495 e. The van der Waals surface area contributed by atoms with Gasteiger partial charge in [0.1, 0.15) is 16.7 Å². The van der Waals surface area contributed by atoms with Crippen molar-refractivity contribution < 1.29 is 17.9 Å². The molecule has 2 N–H and O–H groups in total. The van der Waals surface area contributed by atoms with E-state index in [1.54, 1.807) is 19.1 Å². The summed E-state index contributed by atoms with van der Waals surface area (Å²) in [7, 11) is -2.54. The second-order valence-electron chi connectivity index (χ2n) is 6.66. The highest BCUT2D eigenvalue weighted by atomic mass is 32.2. The molecule has 0 heterocycles. The van der Waals surface area contributed by atoms with Crippen LogP contribution in [0.15, 0.2) is 53.4 Å². The molecule has 6 nitrogen and oxygen atoms in total. The van der Waals surface area contributed by atoms with Crippen molar-refractivity contribution >= 4 is 15.9 Å².